The summed E-state index contributed by atoms with van der Waals surface area (Å²) < 4.78 is 0. The summed E-state index contributed by atoms with van der Waals surface area (Å²) in [5, 5.41) is 0. The molecule has 0 radical (unpaired) electrons. The Bertz CT molecular complexity index is 305. The zero-order valence-corrected chi connectivity index (χ0v) is 11.9. The number of carbonyl (C=O) groups excluding carboxylic acids is 1. The number of hydrogen-bond donors (Lipinski definition) is 1. The van der Waals surface area contributed by atoms with Gasteiger partial charge in [-0.25, -0.2) is 0 Å². The molecular weight excluding hydrogens is 244 g/mol. The molecule has 2 aliphatic rings. The highest BCUT2D eigenvalue weighted by Crippen LogP contribution is 2.29. The van der Waals surface area contributed by atoms with Crippen molar-refractivity contribution in [1.82, 2.24) is 4.90 Å². The van der Waals surface area contributed by atoms with E-state index in [9.17, 15) is 4.79 Å². The van der Waals surface area contributed by atoms with Crippen LogP contribution in [0.25, 0.3) is 0 Å². The summed E-state index contributed by atoms with van der Waals surface area (Å²) in [4.78, 5) is 14.7. The van der Waals surface area contributed by atoms with Crippen LogP contribution in [0.3, 0.4) is 0 Å². The van der Waals surface area contributed by atoms with Crippen molar-refractivity contribution in [3.8, 4) is 0 Å². The molecule has 18 heavy (non-hydrogen) atoms. The van der Waals surface area contributed by atoms with Gasteiger partial charge >= 0.3 is 0 Å². The fraction of sp³-hybridized carbons (Fsp3) is 0.857. The number of nitrogens with zero attached hydrogens (tertiary/aromatic N) is 1. The van der Waals surface area contributed by atoms with Gasteiger partial charge in [0, 0.05) is 25.4 Å². The third-order valence-electron chi connectivity index (χ3n) is 4.49. The molecule has 2 rings (SSSR count). The van der Waals surface area contributed by atoms with E-state index in [-0.39, 0.29) is 0 Å². The Labute approximate surface area is 115 Å². The number of nitrogens with two attached hydrogens (primary N) is 1. The van der Waals surface area contributed by atoms with E-state index < -0.39 is 0 Å². The van der Waals surface area contributed by atoms with Crippen molar-refractivity contribution in [2.24, 2.45) is 17.6 Å². The molecule has 3 nitrogen and oxygen atoms in total. The van der Waals surface area contributed by atoms with Crippen LogP contribution in [-0.2, 0) is 4.79 Å². The maximum Gasteiger partial charge on any atom is 0.222 e. The Kier molecular flexibility index (Phi) is 4.98. The van der Waals surface area contributed by atoms with E-state index in [0.29, 0.717) is 16.8 Å². The van der Waals surface area contributed by atoms with Gasteiger partial charge < -0.3 is 10.6 Å². The Hall–Kier alpha value is -0.640. The number of rotatable bonds is 4. The molecule has 4 heteroatoms. The summed E-state index contributed by atoms with van der Waals surface area (Å²) in [7, 11) is 0. The Balaban J connectivity index is 1.68. The van der Waals surface area contributed by atoms with Gasteiger partial charge in [-0.05, 0) is 25.2 Å². The molecule has 0 aromatic carbocycles. The molecule has 1 aliphatic carbocycles. The third-order valence-corrected chi connectivity index (χ3v) is 4.82. The lowest BCUT2D eigenvalue weighted by Gasteiger charge is -2.31. The molecule has 1 heterocycles. The number of carbonyl (C=O) groups is 1. The first kappa shape index (κ1) is 13.8. The van der Waals surface area contributed by atoms with Gasteiger partial charge in [0.05, 0.1) is 4.99 Å². The van der Waals surface area contributed by atoms with Crippen molar-refractivity contribution in [2.75, 3.05) is 13.1 Å². The van der Waals surface area contributed by atoms with E-state index in [2.05, 4.69) is 0 Å². The minimum absolute atomic E-state index is 0.336. The smallest absolute Gasteiger partial charge is 0.222 e. The molecule has 1 saturated carbocycles. The molecule has 1 amide bonds. The largest absolute Gasteiger partial charge is 0.393 e. The topological polar surface area (TPSA) is 46.3 Å². The summed E-state index contributed by atoms with van der Waals surface area (Å²) in [5.74, 6) is 1.49. The van der Waals surface area contributed by atoms with Gasteiger partial charge in [-0.15, -0.1) is 0 Å². The van der Waals surface area contributed by atoms with Crippen molar-refractivity contribution in [3.05, 3.63) is 0 Å². The summed E-state index contributed by atoms with van der Waals surface area (Å²) in [6, 6.07) is 0. The fourth-order valence-corrected chi connectivity index (χ4v) is 3.43. The Morgan fingerprint density at radius 1 is 1.17 bits per heavy atom. The van der Waals surface area contributed by atoms with Gasteiger partial charge in [0.2, 0.25) is 5.91 Å². The molecule has 0 aromatic heterocycles. The monoisotopic (exact) mass is 268 g/mol. The predicted octanol–water partition coefficient (Wildman–Crippen LogP) is 2.48. The Morgan fingerprint density at radius 2 is 1.78 bits per heavy atom. The van der Waals surface area contributed by atoms with E-state index in [1.807, 2.05) is 4.90 Å². The summed E-state index contributed by atoms with van der Waals surface area (Å²) in [6.07, 6.45) is 9.11. The highest BCUT2D eigenvalue weighted by atomic mass is 32.1. The molecule has 0 atom stereocenters. The lowest BCUT2D eigenvalue weighted by atomic mass is 9.96. The van der Waals surface area contributed by atoms with E-state index in [4.69, 9.17) is 18.0 Å². The lowest BCUT2D eigenvalue weighted by Crippen LogP contribution is -2.41. The summed E-state index contributed by atoms with van der Waals surface area (Å²) in [5.41, 5.74) is 5.66. The van der Waals surface area contributed by atoms with Gasteiger partial charge in [0.15, 0.2) is 0 Å². The van der Waals surface area contributed by atoms with Crippen molar-refractivity contribution >= 4 is 23.1 Å². The molecule has 0 aromatic rings. The number of thiocarbonyl (C=S) groups is 1. The first-order chi connectivity index (χ1) is 8.66. The fourth-order valence-electron chi connectivity index (χ4n) is 3.20. The molecule has 0 spiro atoms. The highest BCUT2D eigenvalue weighted by Gasteiger charge is 2.25. The molecular formula is C14H24N2OS. The van der Waals surface area contributed by atoms with Crippen molar-refractivity contribution in [2.45, 2.75) is 51.4 Å². The second-order valence-electron chi connectivity index (χ2n) is 5.75. The molecule has 0 unspecified atom stereocenters. The lowest BCUT2D eigenvalue weighted by molar-refractivity contribution is -0.132. The average Bonchev–Trinajstić information content (AvgIpc) is 2.89. The van der Waals surface area contributed by atoms with Gasteiger partial charge in [-0.3, -0.25) is 4.79 Å². The number of amides is 1. The van der Waals surface area contributed by atoms with E-state index in [0.717, 1.165) is 44.7 Å². The molecule has 102 valence electrons. The number of likely N-dealkylation sites (tertiary alicyclic amines) is 1. The van der Waals surface area contributed by atoms with Gasteiger partial charge in [-0.2, -0.15) is 0 Å². The normalized spacial score (nSPS) is 22.3. The van der Waals surface area contributed by atoms with Crippen LogP contribution in [-0.4, -0.2) is 28.9 Å². The van der Waals surface area contributed by atoms with Crippen LogP contribution >= 0.6 is 12.2 Å². The van der Waals surface area contributed by atoms with E-state index in [1.54, 1.807) is 0 Å². The first-order valence-corrected chi connectivity index (χ1v) is 7.64. The van der Waals surface area contributed by atoms with Crippen LogP contribution in [0.2, 0.25) is 0 Å². The molecule has 1 saturated heterocycles. The minimum Gasteiger partial charge on any atom is -0.393 e. The van der Waals surface area contributed by atoms with Gasteiger partial charge in [0.1, 0.15) is 0 Å². The number of hydrogen-bond acceptors (Lipinski definition) is 2. The molecule has 1 aliphatic heterocycles. The molecule has 0 bridgehead atoms. The quantitative estimate of drug-likeness (QED) is 0.797. The number of piperidine rings is 1. The predicted molar refractivity (Wildman–Crippen MR) is 77.3 cm³/mol. The van der Waals surface area contributed by atoms with Gasteiger partial charge in [0.25, 0.3) is 0 Å². The van der Waals surface area contributed by atoms with E-state index in [1.165, 1.54) is 25.7 Å². The zero-order valence-electron chi connectivity index (χ0n) is 11.1. The van der Waals surface area contributed by atoms with E-state index >= 15 is 0 Å². The second kappa shape index (κ2) is 6.50. The standard InChI is InChI=1S/C14H24N2OS/c15-14(18)12-7-9-16(10-8-12)13(17)6-5-11-3-1-2-4-11/h11-12H,1-10H2,(H2,15,18). The van der Waals surface area contributed by atoms with Crippen molar-refractivity contribution < 1.29 is 4.79 Å². The van der Waals surface area contributed by atoms with Crippen molar-refractivity contribution in [1.29, 1.82) is 0 Å². The maximum absolute atomic E-state index is 12.1. The molecule has 2 fully saturated rings. The maximum atomic E-state index is 12.1. The SMILES string of the molecule is NC(=S)C1CCN(C(=O)CCC2CCCC2)CC1. The minimum atomic E-state index is 0.336. The van der Waals surface area contributed by atoms with Crippen LogP contribution in [0.1, 0.15) is 51.4 Å². The van der Waals surface area contributed by atoms with Gasteiger partial charge in [-0.1, -0.05) is 37.9 Å². The second-order valence-corrected chi connectivity index (χ2v) is 6.22. The first-order valence-electron chi connectivity index (χ1n) is 7.24. The average molecular weight is 268 g/mol. The highest BCUT2D eigenvalue weighted by molar-refractivity contribution is 7.80. The van der Waals surface area contributed by atoms with Crippen LogP contribution < -0.4 is 5.73 Å². The van der Waals surface area contributed by atoms with Crippen LogP contribution in [0.15, 0.2) is 0 Å². The molecule has 2 N–H and O–H groups in total. The van der Waals surface area contributed by atoms with Crippen molar-refractivity contribution in [3.63, 3.8) is 0 Å². The van der Waals surface area contributed by atoms with Crippen LogP contribution in [0.4, 0.5) is 0 Å². The third kappa shape index (κ3) is 3.67. The Morgan fingerprint density at radius 3 is 2.33 bits per heavy atom. The van der Waals surface area contributed by atoms with Crippen LogP contribution in [0, 0.1) is 11.8 Å². The zero-order chi connectivity index (χ0) is 13.0. The summed E-state index contributed by atoms with van der Waals surface area (Å²) >= 11 is 5.02. The summed E-state index contributed by atoms with van der Waals surface area (Å²) in [6.45, 7) is 1.68. The van der Waals surface area contributed by atoms with Crippen LogP contribution in [0.5, 0.6) is 0 Å².